The normalized spacial score (nSPS) is 10.3. The van der Waals surface area contributed by atoms with Crippen molar-refractivity contribution in [2.75, 3.05) is 5.32 Å². The molecule has 0 aromatic carbocycles. The summed E-state index contributed by atoms with van der Waals surface area (Å²) in [7, 11) is 0. The lowest BCUT2D eigenvalue weighted by molar-refractivity contribution is 0.102. The van der Waals surface area contributed by atoms with Gasteiger partial charge in [0, 0.05) is 12.4 Å². The number of hydrogen-bond acceptors (Lipinski definition) is 3. The lowest BCUT2D eigenvalue weighted by Gasteiger charge is -2.05. The topological polar surface area (TPSA) is 70.7 Å². The third-order valence-corrected chi connectivity index (χ3v) is 2.71. The largest absolute Gasteiger partial charge is 0.319 e. The number of amides is 1. The Morgan fingerprint density at radius 1 is 1.47 bits per heavy atom. The minimum absolute atomic E-state index is 0.296. The van der Waals surface area contributed by atoms with Crippen LogP contribution in [0.3, 0.4) is 0 Å². The van der Waals surface area contributed by atoms with Crippen LogP contribution in [-0.2, 0) is 0 Å². The van der Waals surface area contributed by atoms with Crippen LogP contribution < -0.4 is 5.32 Å². The Balaban J connectivity index is 2.27. The second-order valence-corrected chi connectivity index (χ2v) is 4.03. The molecule has 6 heteroatoms. The van der Waals surface area contributed by atoms with Gasteiger partial charge in [-0.1, -0.05) is 11.6 Å². The van der Waals surface area contributed by atoms with Crippen molar-refractivity contribution in [3.8, 4) is 0 Å². The number of carbonyl (C=O) groups excluding carboxylic acids is 1. The number of aromatic nitrogens is 3. The second kappa shape index (κ2) is 4.55. The quantitative estimate of drug-likeness (QED) is 0.859. The molecule has 0 bridgehead atoms. The summed E-state index contributed by atoms with van der Waals surface area (Å²) < 4.78 is 0. The van der Waals surface area contributed by atoms with E-state index < -0.39 is 0 Å². The fourth-order valence-corrected chi connectivity index (χ4v) is 1.65. The molecule has 5 nitrogen and oxygen atoms in total. The number of anilines is 1. The van der Waals surface area contributed by atoms with Gasteiger partial charge < -0.3 is 5.32 Å². The first-order valence-electron chi connectivity index (χ1n) is 5.02. The molecule has 2 rings (SSSR count). The van der Waals surface area contributed by atoms with Crippen molar-refractivity contribution in [3.63, 3.8) is 0 Å². The Morgan fingerprint density at radius 3 is 2.82 bits per heavy atom. The van der Waals surface area contributed by atoms with Crippen molar-refractivity contribution < 1.29 is 4.79 Å². The van der Waals surface area contributed by atoms with Crippen molar-refractivity contribution >= 4 is 23.2 Å². The van der Waals surface area contributed by atoms with E-state index in [1.165, 1.54) is 12.4 Å². The highest BCUT2D eigenvalue weighted by atomic mass is 35.5. The van der Waals surface area contributed by atoms with E-state index in [1.807, 2.05) is 13.8 Å². The molecule has 88 valence electrons. The Hall–Kier alpha value is -1.88. The number of aryl methyl sites for hydroxylation is 2. The molecule has 0 aliphatic rings. The van der Waals surface area contributed by atoms with E-state index in [0.717, 1.165) is 11.4 Å². The predicted octanol–water partition coefficient (Wildman–Crippen LogP) is 2.33. The third-order valence-electron chi connectivity index (χ3n) is 2.38. The van der Waals surface area contributed by atoms with Gasteiger partial charge in [-0.05, 0) is 19.9 Å². The molecule has 0 atom stereocenters. The highest BCUT2D eigenvalue weighted by Crippen LogP contribution is 2.19. The minimum atomic E-state index is -0.296. The molecule has 2 heterocycles. The standard InChI is InChI=1S/C11H11ClN4O/c1-6-10(7(2)16-15-6)14-11(17)8-5-13-4-3-9(8)12/h3-5H,1-2H3,(H,14,17)(H,15,16). The maximum atomic E-state index is 12.0. The fourth-order valence-electron chi connectivity index (χ4n) is 1.46. The van der Waals surface area contributed by atoms with Gasteiger partial charge in [0.15, 0.2) is 0 Å². The number of H-pyrrole nitrogens is 1. The van der Waals surface area contributed by atoms with Crippen LogP contribution in [0, 0.1) is 13.8 Å². The average molecular weight is 251 g/mol. The number of halogens is 1. The van der Waals surface area contributed by atoms with E-state index >= 15 is 0 Å². The summed E-state index contributed by atoms with van der Waals surface area (Å²) in [6, 6.07) is 1.57. The van der Waals surface area contributed by atoms with Gasteiger partial charge in [-0.15, -0.1) is 0 Å². The summed E-state index contributed by atoms with van der Waals surface area (Å²) in [6.07, 6.45) is 2.97. The van der Waals surface area contributed by atoms with Gasteiger partial charge in [0.1, 0.15) is 0 Å². The SMILES string of the molecule is Cc1n[nH]c(C)c1NC(=O)c1cnccc1Cl. The molecule has 1 amide bonds. The molecule has 0 unspecified atom stereocenters. The maximum Gasteiger partial charge on any atom is 0.258 e. The fraction of sp³-hybridized carbons (Fsp3) is 0.182. The molecule has 2 aromatic heterocycles. The Kier molecular flexibility index (Phi) is 3.10. The molecule has 2 aromatic rings. The van der Waals surface area contributed by atoms with Crippen molar-refractivity contribution in [2.24, 2.45) is 0 Å². The van der Waals surface area contributed by atoms with E-state index in [1.54, 1.807) is 6.07 Å². The third kappa shape index (κ3) is 2.29. The molecule has 0 aliphatic carbocycles. The second-order valence-electron chi connectivity index (χ2n) is 3.62. The Labute approximate surface area is 103 Å². The average Bonchev–Trinajstić information content (AvgIpc) is 2.61. The molecule has 17 heavy (non-hydrogen) atoms. The molecule has 0 aliphatic heterocycles. The van der Waals surface area contributed by atoms with Crippen molar-refractivity contribution in [1.82, 2.24) is 15.2 Å². The van der Waals surface area contributed by atoms with Crippen LogP contribution in [0.25, 0.3) is 0 Å². The zero-order valence-corrected chi connectivity index (χ0v) is 10.2. The van der Waals surface area contributed by atoms with Gasteiger partial charge in [0.05, 0.1) is 27.7 Å². The van der Waals surface area contributed by atoms with E-state index in [4.69, 9.17) is 11.6 Å². The molecule has 0 radical (unpaired) electrons. The van der Waals surface area contributed by atoms with Crippen molar-refractivity contribution in [2.45, 2.75) is 13.8 Å². The number of nitrogens with zero attached hydrogens (tertiary/aromatic N) is 2. The summed E-state index contributed by atoms with van der Waals surface area (Å²) in [6.45, 7) is 3.64. The maximum absolute atomic E-state index is 12.0. The zero-order chi connectivity index (χ0) is 12.4. The van der Waals surface area contributed by atoms with Gasteiger partial charge in [-0.25, -0.2) is 0 Å². The number of hydrogen-bond donors (Lipinski definition) is 2. The Morgan fingerprint density at radius 2 is 2.24 bits per heavy atom. The summed E-state index contributed by atoms with van der Waals surface area (Å²) in [5, 5.41) is 9.92. The summed E-state index contributed by atoms with van der Waals surface area (Å²) in [5.74, 6) is -0.296. The van der Waals surface area contributed by atoms with Gasteiger partial charge in [-0.3, -0.25) is 14.9 Å². The Bertz CT molecular complexity index is 545. The molecule has 0 fully saturated rings. The molecular weight excluding hydrogens is 240 g/mol. The van der Waals surface area contributed by atoms with Gasteiger partial charge >= 0.3 is 0 Å². The van der Waals surface area contributed by atoms with Crippen molar-refractivity contribution in [3.05, 3.63) is 40.4 Å². The summed E-state index contributed by atoms with van der Waals surface area (Å²) >= 11 is 5.91. The summed E-state index contributed by atoms with van der Waals surface area (Å²) in [4.78, 5) is 15.8. The van der Waals surface area contributed by atoms with Crippen LogP contribution in [0.5, 0.6) is 0 Å². The number of carbonyl (C=O) groups is 1. The van der Waals surface area contributed by atoms with E-state index in [-0.39, 0.29) is 5.91 Å². The van der Waals surface area contributed by atoms with Gasteiger partial charge in [0.2, 0.25) is 0 Å². The van der Waals surface area contributed by atoms with Gasteiger partial charge in [0.25, 0.3) is 5.91 Å². The monoisotopic (exact) mass is 250 g/mol. The molecule has 2 N–H and O–H groups in total. The first-order chi connectivity index (χ1) is 8.09. The van der Waals surface area contributed by atoms with Crippen LogP contribution in [0.1, 0.15) is 21.7 Å². The lowest BCUT2D eigenvalue weighted by atomic mass is 10.2. The van der Waals surface area contributed by atoms with Gasteiger partial charge in [-0.2, -0.15) is 5.10 Å². The highest BCUT2D eigenvalue weighted by Gasteiger charge is 2.14. The number of aromatic amines is 1. The first kappa shape index (κ1) is 11.6. The smallest absolute Gasteiger partial charge is 0.258 e. The van der Waals surface area contributed by atoms with Crippen LogP contribution in [-0.4, -0.2) is 21.1 Å². The van der Waals surface area contributed by atoms with Crippen molar-refractivity contribution in [1.29, 1.82) is 0 Å². The molecule has 0 spiro atoms. The highest BCUT2D eigenvalue weighted by molar-refractivity contribution is 6.34. The molecule has 0 saturated carbocycles. The number of rotatable bonds is 2. The molecular formula is C11H11ClN4O. The summed E-state index contributed by atoms with van der Waals surface area (Å²) in [5.41, 5.74) is 2.55. The van der Waals surface area contributed by atoms with Crippen LogP contribution in [0.4, 0.5) is 5.69 Å². The molecule has 0 saturated heterocycles. The number of pyridine rings is 1. The van der Waals surface area contributed by atoms with E-state index in [9.17, 15) is 4.79 Å². The van der Waals surface area contributed by atoms with Crippen LogP contribution in [0.15, 0.2) is 18.5 Å². The van der Waals surface area contributed by atoms with E-state index in [0.29, 0.717) is 16.3 Å². The minimum Gasteiger partial charge on any atom is -0.319 e. The zero-order valence-electron chi connectivity index (χ0n) is 9.41. The lowest BCUT2D eigenvalue weighted by Crippen LogP contribution is -2.13. The predicted molar refractivity (Wildman–Crippen MR) is 65.3 cm³/mol. The first-order valence-corrected chi connectivity index (χ1v) is 5.40. The van der Waals surface area contributed by atoms with Crippen LogP contribution in [0.2, 0.25) is 5.02 Å². The van der Waals surface area contributed by atoms with E-state index in [2.05, 4.69) is 20.5 Å². The number of nitrogens with one attached hydrogen (secondary N) is 2. The van der Waals surface area contributed by atoms with Crippen LogP contribution >= 0.6 is 11.6 Å².